The number of amides is 1. The normalized spacial score (nSPS) is 10.9. The minimum atomic E-state index is -0.350. The Balaban J connectivity index is 1.62. The van der Waals surface area contributed by atoms with Crippen LogP contribution in [0.25, 0.3) is 0 Å². The number of halogens is 1. The van der Waals surface area contributed by atoms with Gasteiger partial charge in [-0.25, -0.2) is 14.4 Å². The van der Waals surface area contributed by atoms with Crippen molar-refractivity contribution in [1.29, 1.82) is 0 Å². The minimum Gasteiger partial charge on any atom is -0.349 e. The zero-order chi connectivity index (χ0) is 24.1. The van der Waals surface area contributed by atoms with Crippen molar-refractivity contribution in [3.05, 3.63) is 94.8 Å². The van der Waals surface area contributed by atoms with Crippen LogP contribution in [-0.2, 0) is 13.1 Å². The molecule has 0 aliphatic rings. The molecule has 176 valence electrons. The van der Waals surface area contributed by atoms with Gasteiger partial charge in [-0.1, -0.05) is 30.3 Å². The van der Waals surface area contributed by atoms with Gasteiger partial charge in [0.05, 0.1) is 12.2 Å². The molecular formula is C26H28FN5OS. The van der Waals surface area contributed by atoms with Crippen molar-refractivity contribution in [1.82, 2.24) is 14.5 Å². The summed E-state index contributed by atoms with van der Waals surface area (Å²) in [7, 11) is 0. The van der Waals surface area contributed by atoms with Crippen molar-refractivity contribution in [2.45, 2.75) is 33.9 Å². The van der Waals surface area contributed by atoms with Gasteiger partial charge < -0.3 is 14.4 Å². The van der Waals surface area contributed by atoms with Crippen LogP contribution in [-0.4, -0.2) is 33.5 Å². The number of aryl methyl sites for hydroxylation is 1. The average Bonchev–Trinajstić information content (AvgIpc) is 3.46. The molecule has 2 aromatic heterocycles. The first-order valence-electron chi connectivity index (χ1n) is 11.3. The van der Waals surface area contributed by atoms with Gasteiger partial charge in [-0.15, -0.1) is 11.3 Å². The van der Waals surface area contributed by atoms with Gasteiger partial charge in [-0.2, -0.15) is 0 Å². The highest BCUT2D eigenvalue weighted by molar-refractivity contribution is 7.13. The van der Waals surface area contributed by atoms with Crippen LogP contribution in [0.4, 0.5) is 15.2 Å². The van der Waals surface area contributed by atoms with E-state index in [0.29, 0.717) is 17.9 Å². The lowest BCUT2D eigenvalue weighted by Gasteiger charge is -2.21. The van der Waals surface area contributed by atoms with Gasteiger partial charge in [0.2, 0.25) is 0 Å². The highest BCUT2D eigenvalue weighted by atomic mass is 32.1. The van der Waals surface area contributed by atoms with Crippen LogP contribution in [0.5, 0.6) is 0 Å². The van der Waals surface area contributed by atoms with E-state index in [9.17, 15) is 9.18 Å². The average molecular weight is 478 g/mol. The summed E-state index contributed by atoms with van der Waals surface area (Å²) in [5, 5.41) is 2.89. The summed E-state index contributed by atoms with van der Waals surface area (Å²) in [6.07, 6.45) is 1.78. The van der Waals surface area contributed by atoms with Crippen molar-refractivity contribution in [3.8, 4) is 0 Å². The summed E-state index contributed by atoms with van der Waals surface area (Å²) in [5.74, 6) is 0.152. The van der Waals surface area contributed by atoms with Gasteiger partial charge in [-0.05, 0) is 50.6 Å². The maximum atomic E-state index is 13.6. The zero-order valence-corrected chi connectivity index (χ0v) is 20.4. The molecule has 0 saturated heterocycles. The summed E-state index contributed by atoms with van der Waals surface area (Å²) in [5.41, 5.74) is 2.85. The molecule has 0 fully saturated rings. The summed E-state index contributed by atoms with van der Waals surface area (Å²) in [6.45, 7) is 8.69. The second-order valence-electron chi connectivity index (χ2n) is 7.95. The van der Waals surface area contributed by atoms with Crippen LogP contribution in [0.1, 0.15) is 41.4 Å². The Bertz CT molecular complexity index is 1230. The number of anilines is 2. The first-order valence-corrected chi connectivity index (χ1v) is 12.2. The topological polar surface area (TPSA) is 54.3 Å². The lowest BCUT2D eigenvalue weighted by molar-refractivity contribution is 0.0980. The summed E-state index contributed by atoms with van der Waals surface area (Å²) >= 11 is 1.56. The molecule has 0 atom stereocenters. The summed E-state index contributed by atoms with van der Waals surface area (Å²) in [4.78, 5) is 26.7. The molecular weight excluding hydrogens is 449 g/mol. The van der Waals surface area contributed by atoms with Crippen LogP contribution in [0.3, 0.4) is 0 Å². The van der Waals surface area contributed by atoms with Crippen molar-refractivity contribution in [2.24, 2.45) is 0 Å². The summed E-state index contributed by atoms with van der Waals surface area (Å²) in [6, 6.07) is 16.0. The predicted octanol–water partition coefficient (Wildman–Crippen LogP) is 5.53. The molecule has 0 radical (unpaired) electrons. The molecule has 8 heteroatoms. The van der Waals surface area contributed by atoms with E-state index in [4.69, 9.17) is 4.98 Å². The lowest BCUT2D eigenvalue weighted by atomic mass is 10.2. The Morgan fingerprint density at radius 2 is 1.74 bits per heavy atom. The second kappa shape index (κ2) is 10.6. The number of hydrogen-bond donors (Lipinski definition) is 0. The molecule has 0 bridgehead atoms. The maximum absolute atomic E-state index is 13.6. The number of carbonyl (C=O) groups is 1. The third kappa shape index (κ3) is 5.34. The Morgan fingerprint density at radius 1 is 1.03 bits per heavy atom. The highest BCUT2D eigenvalue weighted by Gasteiger charge is 2.23. The van der Waals surface area contributed by atoms with E-state index in [-0.39, 0.29) is 18.3 Å². The number of hydrogen-bond acceptors (Lipinski definition) is 5. The fraction of sp³-hybridized carbons (Fsp3) is 0.269. The number of benzene rings is 2. The number of imidazole rings is 1. The van der Waals surface area contributed by atoms with E-state index < -0.39 is 0 Å². The number of thiazole rings is 1. The van der Waals surface area contributed by atoms with Gasteiger partial charge in [0.25, 0.3) is 5.91 Å². The molecule has 2 aromatic carbocycles. The first kappa shape index (κ1) is 23.6. The number of aromatic nitrogens is 3. The molecule has 0 aliphatic heterocycles. The fourth-order valence-electron chi connectivity index (χ4n) is 3.76. The van der Waals surface area contributed by atoms with Gasteiger partial charge in [-0.3, -0.25) is 4.79 Å². The predicted molar refractivity (Wildman–Crippen MR) is 135 cm³/mol. The van der Waals surface area contributed by atoms with Crippen molar-refractivity contribution < 1.29 is 9.18 Å². The van der Waals surface area contributed by atoms with Gasteiger partial charge >= 0.3 is 0 Å². The van der Waals surface area contributed by atoms with E-state index in [1.165, 1.54) is 12.1 Å². The molecule has 0 spiro atoms. The molecule has 34 heavy (non-hydrogen) atoms. The highest BCUT2D eigenvalue weighted by Crippen LogP contribution is 2.25. The van der Waals surface area contributed by atoms with Crippen molar-refractivity contribution in [3.63, 3.8) is 0 Å². The monoisotopic (exact) mass is 477 g/mol. The Kier molecular flexibility index (Phi) is 7.37. The third-order valence-electron chi connectivity index (χ3n) is 5.67. The van der Waals surface area contributed by atoms with E-state index in [1.807, 2.05) is 47.2 Å². The fourth-order valence-corrected chi connectivity index (χ4v) is 4.71. The van der Waals surface area contributed by atoms with Crippen LogP contribution < -0.4 is 9.80 Å². The number of carbonyl (C=O) groups excluding carboxylic acids is 1. The van der Waals surface area contributed by atoms with E-state index in [1.54, 1.807) is 34.6 Å². The van der Waals surface area contributed by atoms with Crippen molar-refractivity contribution >= 4 is 28.1 Å². The first-order chi connectivity index (χ1) is 16.5. The standard InChI is InChI=1S/C26H28FN5OS/c1-4-30(5-2)26-29-22(18-34-26)16-32(23-13-11-21(27)12-14-23)25(33)24-17-31(19(3)28-24)15-20-9-7-6-8-10-20/h6-14,17-18H,4-5,15-16H2,1-3H3. The molecule has 0 N–H and O–H groups in total. The number of nitrogens with zero attached hydrogens (tertiary/aromatic N) is 5. The van der Waals surface area contributed by atoms with E-state index in [0.717, 1.165) is 35.3 Å². The SMILES string of the molecule is CCN(CC)c1nc(CN(C(=O)c2cn(Cc3ccccc3)c(C)n2)c2ccc(F)cc2)cs1. The summed E-state index contributed by atoms with van der Waals surface area (Å²) < 4.78 is 15.6. The van der Waals surface area contributed by atoms with Crippen molar-refractivity contribution in [2.75, 3.05) is 22.9 Å². The molecule has 1 amide bonds. The minimum absolute atomic E-state index is 0.251. The van der Waals surface area contributed by atoms with Crippen LogP contribution >= 0.6 is 11.3 Å². The zero-order valence-electron chi connectivity index (χ0n) is 19.6. The Morgan fingerprint density at radius 3 is 2.41 bits per heavy atom. The maximum Gasteiger partial charge on any atom is 0.278 e. The molecule has 0 unspecified atom stereocenters. The van der Waals surface area contributed by atoms with Crippen LogP contribution in [0, 0.1) is 12.7 Å². The molecule has 0 saturated carbocycles. The molecule has 6 nitrogen and oxygen atoms in total. The molecule has 4 aromatic rings. The molecule has 0 aliphatic carbocycles. The van der Waals surface area contributed by atoms with Gasteiger partial charge in [0.1, 0.15) is 17.3 Å². The van der Waals surface area contributed by atoms with Gasteiger partial charge in [0.15, 0.2) is 5.13 Å². The van der Waals surface area contributed by atoms with E-state index in [2.05, 4.69) is 23.7 Å². The van der Waals surface area contributed by atoms with Crippen LogP contribution in [0.2, 0.25) is 0 Å². The van der Waals surface area contributed by atoms with Crippen LogP contribution in [0.15, 0.2) is 66.2 Å². The lowest BCUT2D eigenvalue weighted by Crippen LogP contribution is -2.31. The molecule has 2 heterocycles. The Hall–Kier alpha value is -3.52. The smallest absolute Gasteiger partial charge is 0.278 e. The Labute approximate surface area is 203 Å². The number of rotatable bonds is 9. The molecule has 4 rings (SSSR count). The quantitative estimate of drug-likeness (QED) is 0.318. The third-order valence-corrected chi connectivity index (χ3v) is 6.62. The van der Waals surface area contributed by atoms with E-state index >= 15 is 0 Å². The largest absolute Gasteiger partial charge is 0.349 e. The van der Waals surface area contributed by atoms with Gasteiger partial charge in [0, 0.05) is 36.9 Å². The second-order valence-corrected chi connectivity index (χ2v) is 8.78.